The molecule has 1 aliphatic heterocycles. The molecule has 3 rings (SSSR count). The first-order chi connectivity index (χ1) is 14.7. The van der Waals surface area contributed by atoms with E-state index in [0.29, 0.717) is 12.0 Å². The van der Waals surface area contributed by atoms with E-state index < -0.39 is 15.6 Å². The van der Waals surface area contributed by atoms with Gasteiger partial charge in [-0.1, -0.05) is 43.2 Å². The van der Waals surface area contributed by atoms with Gasteiger partial charge in [0.05, 0.1) is 10.5 Å². The van der Waals surface area contributed by atoms with Crippen molar-refractivity contribution in [2.45, 2.75) is 61.3 Å². The summed E-state index contributed by atoms with van der Waals surface area (Å²) in [6.45, 7) is 5.20. The van der Waals surface area contributed by atoms with Gasteiger partial charge in [-0.3, -0.25) is 4.79 Å². The number of nitrogens with zero attached hydrogens (tertiary/aromatic N) is 1. The van der Waals surface area contributed by atoms with Gasteiger partial charge < -0.3 is 4.90 Å². The molecule has 2 aromatic carbocycles. The quantitative estimate of drug-likeness (QED) is 0.607. The number of carbonyl (C=O) groups is 1. The number of thioether (sulfide) groups is 1. The van der Waals surface area contributed by atoms with Gasteiger partial charge >= 0.3 is 0 Å². The Morgan fingerprint density at radius 3 is 2.29 bits per heavy atom. The minimum Gasteiger partial charge on any atom is -0.339 e. The normalized spacial score (nSPS) is 15.5. The van der Waals surface area contributed by atoms with Gasteiger partial charge in [-0.05, 0) is 63.1 Å². The lowest BCUT2D eigenvalue weighted by Crippen LogP contribution is -2.45. The molecule has 0 spiro atoms. The highest BCUT2D eigenvalue weighted by atomic mass is 32.2. The summed E-state index contributed by atoms with van der Waals surface area (Å²) < 4.78 is 29.2. The molecule has 1 fully saturated rings. The molecule has 5 nitrogen and oxygen atoms in total. The van der Waals surface area contributed by atoms with Crippen LogP contribution in [-0.4, -0.2) is 44.1 Å². The first kappa shape index (κ1) is 23.8. The van der Waals surface area contributed by atoms with Crippen molar-refractivity contribution >= 4 is 27.7 Å². The fraction of sp³-hybridized carbons (Fsp3) is 0.458. The van der Waals surface area contributed by atoms with Crippen LogP contribution in [0, 0.1) is 0 Å². The van der Waals surface area contributed by atoms with Crippen molar-refractivity contribution in [3.63, 3.8) is 0 Å². The van der Waals surface area contributed by atoms with Gasteiger partial charge in [0.25, 0.3) is 5.91 Å². The number of rotatable bonds is 7. The maximum absolute atomic E-state index is 13.2. The van der Waals surface area contributed by atoms with Crippen LogP contribution in [0.15, 0.2) is 58.3 Å². The van der Waals surface area contributed by atoms with Gasteiger partial charge in [0, 0.05) is 23.5 Å². The second kappa shape index (κ2) is 10.2. The smallest absolute Gasteiger partial charge is 0.255 e. The molecule has 1 saturated heterocycles. The monoisotopic (exact) mass is 460 g/mol. The van der Waals surface area contributed by atoms with E-state index in [1.165, 1.54) is 11.8 Å². The van der Waals surface area contributed by atoms with Crippen LogP contribution in [0.5, 0.6) is 0 Å². The molecule has 1 amide bonds. The maximum atomic E-state index is 13.2. The molecule has 168 valence electrons. The minimum absolute atomic E-state index is 0.0770. The van der Waals surface area contributed by atoms with E-state index in [1.54, 1.807) is 18.2 Å². The number of benzene rings is 2. The fourth-order valence-electron chi connectivity index (χ4n) is 4.03. The SMILES string of the molecule is CSc1ccc(S(=O)(=O)NC(C)(C)Cc2ccccc2)cc1C(=O)N1CCCCCC1. The number of sulfonamides is 1. The molecule has 0 bridgehead atoms. The highest BCUT2D eigenvalue weighted by Crippen LogP contribution is 2.27. The van der Waals surface area contributed by atoms with E-state index in [4.69, 9.17) is 0 Å². The minimum atomic E-state index is -3.79. The van der Waals surface area contributed by atoms with Gasteiger partial charge in [0.1, 0.15) is 0 Å². The van der Waals surface area contributed by atoms with Gasteiger partial charge in [-0.25, -0.2) is 13.1 Å². The van der Waals surface area contributed by atoms with Crippen molar-refractivity contribution in [1.82, 2.24) is 9.62 Å². The third-order valence-electron chi connectivity index (χ3n) is 5.50. The summed E-state index contributed by atoms with van der Waals surface area (Å²) in [6, 6.07) is 14.7. The van der Waals surface area contributed by atoms with E-state index in [1.807, 2.05) is 55.3 Å². The number of carbonyl (C=O) groups excluding carboxylic acids is 1. The molecule has 0 saturated carbocycles. The van der Waals surface area contributed by atoms with Crippen molar-refractivity contribution in [3.8, 4) is 0 Å². The predicted octanol–water partition coefficient (Wildman–Crippen LogP) is 4.72. The molecule has 1 heterocycles. The van der Waals surface area contributed by atoms with E-state index >= 15 is 0 Å². The first-order valence-electron chi connectivity index (χ1n) is 10.8. The number of hydrogen-bond acceptors (Lipinski definition) is 4. The zero-order chi connectivity index (χ0) is 22.5. The zero-order valence-corrected chi connectivity index (χ0v) is 20.2. The standard InChI is InChI=1S/C24H32N2O3S2/c1-24(2,18-19-11-7-6-8-12-19)25-31(28,29)20-13-14-22(30-3)21(17-20)23(27)26-15-9-4-5-10-16-26/h6-8,11-14,17,25H,4-5,9-10,15-16,18H2,1-3H3. The molecule has 0 radical (unpaired) electrons. The number of hydrogen-bond donors (Lipinski definition) is 1. The average molecular weight is 461 g/mol. The third kappa shape index (κ3) is 6.34. The number of nitrogens with one attached hydrogen (secondary N) is 1. The average Bonchev–Trinajstić information content (AvgIpc) is 3.02. The summed E-state index contributed by atoms with van der Waals surface area (Å²) in [5.41, 5.74) is 0.857. The highest BCUT2D eigenvalue weighted by molar-refractivity contribution is 7.98. The summed E-state index contributed by atoms with van der Waals surface area (Å²) in [7, 11) is -3.79. The Labute approximate surface area is 190 Å². The molecule has 1 aliphatic rings. The van der Waals surface area contributed by atoms with Crippen molar-refractivity contribution in [2.24, 2.45) is 0 Å². The Kier molecular flexibility index (Phi) is 7.83. The van der Waals surface area contributed by atoms with Crippen molar-refractivity contribution in [3.05, 3.63) is 59.7 Å². The van der Waals surface area contributed by atoms with E-state index in [9.17, 15) is 13.2 Å². The third-order valence-corrected chi connectivity index (χ3v) is 8.00. The molecular weight excluding hydrogens is 428 g/mol. The summed E-state index contributed by atoms with van der Waals surface area (Å²) in [5.74, 6) is -0.0770. The lowest BCUT2D eigenvalue weighted by Gasteiger charge is -2.27. The lowest BCUT2D eigenvalue weighted by atomic mass is 9.96. The lowest BCUT2D eigenvalue weighted by molar-refractivity contribution is 0.0758. The van der Waals surface area contributed by atoms with Crippen LogP contribution in [0.4, 0.5) is 0 Å². The highest BCUT2D eigenvalue weighted by Gasteiger charge is 2.28. The van der Waals surface area contributed by atoms with Crippen molar-refractivity contribution in [2.75, 3.05) is 19.3 Å². The second-order valence-electron chi connectivity index (χ2n) is 8.72. The van der Waals surface area contributed by atoms with E-state index in [-0.39, 0.29) is 10.8 Å². The number of amides is 1. The van der Waals surface area contributed by atoms with Gasteiger partial charge in [0.15, 0.2) is 0 Å². The molecule has 0 atom stereocenters. The summed E-state index contributed by atoms with van der Waals surface area (Å²) in [5, 5.41) is 0. The summed E-state index contributed by atoms with van der Waals surface area (Å²) >= 11 is 1.46. The molecule has 31 heavy (non-hydrogen) atoms. The van der Waals surface area contributed by atoms with Crippen LogP contribution in [0.1, 0.15) is 55.5 Å². The first-order valence-corrected chi connectivity index (χ1v) is 13.5. The van der Waals surface area contributed by atoms with Gasteiger partial charge in [-0.15, -0.1) is 11.8 Å². The molecule has 0 aromatic heterocycles. The topological polar surface area (TPSA) is 66.5 Å². The van der Waals surface area contributed by atoms with Crippen molar-refractivity contribution in [1.29, 1.82) is 0 Å². The Morgan fingerprint density at radius 2 is 1.68 bits per heavy atom. The van der Waals surface area contributed by atoms with Crippen LogP contribution < -0.4 is 4.72 Å². The second-order valence-corrected chi connectivity index (χ2v) is 11.3. The predicted molar refractivity (Wildman–Crippen MR) is 127 cm³/mol. The largest absolute Gasteiger partial charge is 0.339 e. The van der Waals surface area contributed by atoms with Crippen LogP contribution in [0.3, 0.4) is 0 Å². The molecule has 2 aromatic rings. The number of likely N-dealkylation sites (tertiary alicyclic amines) is 1. The van der Waals surface area contributed by atoms with Crippen LogP contribution in [0.2, 0.25) is 0 Å². The van der Waals surface area contributed by atoms with Crippen molar-refractivity contribution < 1.29 is 13.2 Å². The fourth-order valence-corrected chi connectivity index (χ4v) is 6.04. The zero-order valence-electron chi connectivity index (χ0n) is 18.6. The van der Waals surface area contributed by atoms with Crippen LogP contribution in [0.25, 0.3) is 0 Å². The van der Waals surface area contributed by atoms with Crippen LogP contribution in [-0.2, 0) is 16.4 Å². The molecule has 0 aliphatic carbocycles. The van der Waals surface area contributed by atoms with E-state index in [2.05, 4.69) is 4.72 Å². The maximum Gasteiger partial charge on any atom is 0.255 e. The Bertz CT molecular complexity index is 997. The van der Waals surface area contributed by atoms with Gasteiger partial charge in [-0.2, -0.15) is 0 Å². The summed E-state index contributed by atoms with van der Waals surface area (Å²) in [6.07, 6.45) is 6.72. The Hall–Kier alpha value is -1.83. The Morgan fingerprint density at radius 1 is 1.03 bits per heavy atom. The molecule has 1 N–H and O–H groups in total. The van der Waals surface area contributed by atoms with E-state index in [0.717, 1.165) is 49.2 Å². The van der Waals surface area contributed by atoms with Crippen LogP contribution >= 0.6 is 11.8 Å². The molecule has 0 unspecified atom stereocenters. The Balaban J connectivity index is 1.85. The van der Waals surface area contributed by atoms with Gasteiger partial charge in [0.2, 0.25) is 10.0 Å². The summed E-state index contributed by atoms with van der Waals surface area (Å²) in [4.78, 5) is 16.0. The molecular formula is C24H32N2O3S2. The molecule has 7 heteroatoms.